The summed E-state index contributed by atoms with van der Waals surface area (Å²) in [6.07, 6.45) is 5.94. The summed E-state index contributed by atoms with van der Waals surface area (Å²) in [5.41, 5.74) is 2.63. The molecule has 9 heteroatoms. The number of carbonyl (C=O) groups is 2. The Morgan fingerprint density at radius 1 is 0.973 bits per heavy atom. The minimum Gasteiger partial charge on any atom is -0.360 e. The lowest BCUT2D eigenvalue weighted by Gasteiger charge is -2.30. The molecule has 2 atom stereocenters. The summed E-state index contributed by atoms with van der Waals surface area (Å²) in [7, 11) is 0. The van der Waals surface area contributed by atoms with Crippen molar-refractivity contribution in [3.05, 3.63) is 71.6 Å². The lowest BCUT2D eigenvalue weighted by Crippen LogP contribution is -2.51. The van der Waals surface area contributed by atoms with Gasteiger partial charge in [-0.15, -0.1) is 11.3 Å². The minimum atomic E-state index is -0.666. The number of anilines is 1. The second-order valence-electron chi connectivity index (χ2n) is 9.53. The summed E-state index contributed by atoms with van der Waals surface area (Å²) >= 11 is 6.98. The SMILES string of the molecule is O=C(Nc1nc(-c2ccccc2)cs1)[C@@H]1CCCN1C(=O)[C@H](NC(=S)NC1CCCC1)c1ccccc1. The molecular weight excluding hydrogens is 502 g/mol. The highest BCUT2D eigenvalue weighted by atomic mass is 32.1. The van der Waals surface area contributed by atoms with E-state index in [-0.39, 0.29) is 11.8 Å². The highest BCUT2D eigenvalue weighted by Crippen LogP contribution is 2.28. The monoisotopic (exact) mass is 533 g/mol. The molecule has 7 nitrogen and oxygen atoms in total. The van der Waals surface area contributed by atoms with Gasteiger partial charge in [0.25, 0.3) is 0 Å². The Kier molecular flexibility index (Phi) is 8.11. The van der Waals surface area contributed by atoms with E-state index in [0.29, 0.717) is 29.3 Å². The van der Waals surface area contributed by atoms with Gasteiger partial charge in [0.2, 0.25) is 11.8 Å². The third-order valence-electron chi connectivity index (χ3n) is 6.99. The van der Waals surface area contributed by atoms with Gasteiger partial charge in [0, 0.05) is 23.5 Å². The minimum absolute atomic E-state index is 0.150. The molecule has 1 saturated heterocycles. The van der Waals surface area contributed by atoms with Gasteiger partial charge >= 0.3 is 0 Å². The Balaban J connectivity index is 1.28. The first kappa shape index (κ1) is 25.4. The van der Waals surface area contributed by atoms with Crippen LogP contribution in [0.1, 0.15) is 50.1 Å². The fraction of sp³-hybridized carbons (Fsp3) is 0.357. The molecule has 3 N–H and O–H groups in total. The normalized spacial score (nSPS) is 18.4. The van der Waals surface area contributed by atoms with E-state index in [1.807, 2.05) is 66.0 Å². The molecule has 37 heavy (non-hydrogen) atoms. The maximum Gasteiger partial charge on any atom is 0.250 e. The maximum atomic E-state index is 13.9. The molecule has 1 saturated carbocycles. The summed E-state index contributed by atoms with van der Waals surface area (Å²) in [5, 5.41) is 12.5. The Labute approximate surface area is 226 Å². The van der Waals surface area contributed by atoms with E-state index in [2.05, 4.69) is 20.9 Å². The zero-order valence-corrected chi connectivity index (χ0v) is 22.2. The molecule has 0 bridgehead atoms. The first-order valence-electron chi connectivity index (χ1n) is 12.8. The van der Waals surface area contributed by atoms with Gasteiger partial charge in [-0.3, -0.25) is 9.59 Å². The molecule has 2 amide bonds. The Hall–Kier alpha value is -3.30. The van der Waals surface area contributed by atoms with Crippen molar-refractivity contribution in [3.8, 4) is 11.3 Å². The number of likely N-dealkylation sites (tertiary alicyclic amines) is 1. The molecule has 0 unspecified atom stereocenters. The van der Waals surface area contributed by atoms with Crippen molar-refractivity contribution in [1.82, 2.24) is 20.5 Å². The van der Waals surface area contributed by atoms with Crippen LogP contribution in [0.15, 0.2) is 66.0 Å². The molecular formula is C28H31N5O2S2. The summed E-state index contributed by atoms with van der Waals surface area (Å²) < 4.78 is 0. The van der Waals surface area contributed by atoms with E-state index in [1.54, 1.807) is 4.90 Å². The summed E-state index contributed by atoms with van der Waals surface area (Å²) in [6, 6.07) is 18.5. The number of hydrogen-bond acceptors (Lipinski definition) is 5. The van der Waals surface area contributed by atoms with Gasteiger partial charge in [-0.2, -0.15) is 0 Å². The van der Waals surface area contributed by atoms with Gasteiger partial charge in [0.15, 0.2) is 10.2 Å². The van der Waals surface area contributed by atoms with Crippen LogP contribution in [-0.2, 0) is 9.59 Å². The van der Waals surface area contributed by atoms with Gasteiger partial charge in [0.1, 0.15) is 12.1 Å². The van der Waals surface area contributed by atoms with Crippen LogP contribution in [0.25, 0.3) is 11.3 Å². The van der Waals surface area contributed by atoms with Crippen molar-refractivity contribution in [2.45, 2.75) is 56.7 Å². The highest BCUT2D eigenvalue weighted by molar-refractivity contribution is 7.80. The number of thiazole rings is 1. The molecule has 2 aliphatic rings. The molecule has 1 aliphatic carbocycles. The first-order valence-corrected chi connectivity index (χ1v) is 14.1. The number of benzene rings is 2. The van der Waals surface area contributed by atoms with Crippen LogP contribution in [0.5, 0.6) is 0 Å². The number of rotatable bonds is 7. The molecule has 0 spiro atoms. The second-order valence-corrected chi connectivity index (χ2v) is 10.8. The molecule has 2 heterocycles. The second kappa shape index (κ2) is 11.8. The topological polar surface area (TPSA) is 86.4 Å². The molecule has 5 rings (SSSR count). The number of nitrogens with one attached hydrogen (secondary N) is 3. The molecule has 1 aliphatic heterocycles. The number of hydrogen-bond donors (Lipinski definition) is 3. The summed E-state index contributed by atoms with van der Waals surface area (Å²) in [6.45, 7) is 0.526. The zero-order valence-electron chi connectivity index (χ0n) is 20.6. The van der Waals surface area contributed by atoms with Gasteiger partial charge in [-0.05, 0) is 43.5 Å². The lowest BCUT2D eigenvalue weighted by atomic mass is 10.0. The molecule has 3 aromatic rings. The van der Waals surface area contributed by atoms with E-state index < -0.39 is 12.1 Å². The van der Waals surface area contributed by atoms with E-state index >= 15 is 0 Å². The predicted molar refractivity (Wildman–Crippen MR) is 151 cm³/mol. The standard InChI is InChI=1S/C28H31N5O2S2/c34-25(32-28-30-22(18-37-28)19-10-3-1-4-11-19)23-16-9-17-33(23)26(35)24(20-12-5-2-6-13-20)31-27(36)29-21-14-7-8-15-21/h1-6,10-13,18,21,23-24H,7-9,14-17H2,(H2,29,31,36)(H,30,32,34)/t23-,24+/m0/s1. The van der Waals surface area contributed by atoms with Gasteiger partial charge in [-0.1, -0.05) is 73.5 Å². The van der Waals surface area contributed by atoms with Crippen molar-refractivity contribution in [3.63, 3.8) is 0 Å². The van der Waals surface area contributed by atoms with E-state index in [4.69, 9.17) is 12.2 Å². The molecule has 1 aromatic heterocycles. The average molecular weight is 534 g/mol. The Bertz CT molecular complexity index is 1230. The zero-order chi connectivity index (χ0) is 25.6. The van der Waals surface area contributed by atoms with Crippen LogP contribution in [-0.4, -0.2) is 45.4 Å². The van der Waals surface area contributed by atoms with Crippen molar-refractivity contribution in [1.29, 1.82) is 0 Å². The van der Waals surface area contributed by atoms with Crippen LogP contribution in [0.2, 0.25) is 0 Å². The Morgan fingerprint density at radius 3 is 2.41 bits per heavy atom. The van der Waals surface area contributed by atoms with Crippen molar-refractivity contribution < 1.29 is 9.59 Å². The van der Waals surface area contributed by atoms with Crippen LogP contribution in [0.4, 0.5) is 5.13 Å². The molecule has 0 radical (unpaired) electrons. The van der Waals surface area contributed by atoms with Crippen molar-refractivity contribution in [2.24, 2.45) is 0 Å². The van der Waals surface area contributed by atoms with Crippen LogP contribution < -0.4 is 16.0 Å². The molecule has 2 fully saturated rings. The number of nitrogens with zero attached hydrogens (tertiary/aromatic N) is 2. The number of amides is 2. The fourth-order valence-corrected chi connectivity index (χ4v) is 6.10. The third-order valence-corrected chi connectivity index (χ3v) is 7.98. The van der Waals surface area contributed by atoms with Crippen LogP contribution >= 0.6 is 23.6 Å². The number of carbonyl (C=O) groups excluding carboxylic acids is 2. The number of aromatic nitrogens is 1. The fourth-order valence-electron chi connectivity index (χ4n) is 5.09. The molecule has 192 valence electrons. The summed E-state index contributed by atoms with van der Waals surface area (Å²) in [5.74, 6) is -0.359. The Morgan fingerprint density at radius 2 is 1.68 bits per heavy atom. The van der Waals surface area contributed by atoms with Gasteiger partial charge < -0.3 is 20.9 Å². The largest absolute Gasteiger partial charge is 0.360 e. The highest BCUT2D eigenvalue weighted by Gasteiger charge is 2.38. The van der Waals surface area contributed by atoms with E-state index in [1.165, 1.54) is 24.2 Å². The average Bonchev–Trinajstić information content (AvgIpc) is 3.70. The third kappa shape index (κ3) is 6.17. The van der Waals surface area contributed by atoms with Crippen molar-refractivity contribution >= 4 is 45.6 Å². The molecule has 2 aromatic carbocycles. The first-order chi connectivity index (χ1) is 18.1. The van der Waals surface area contributed by atoms with Gasteiger partial charge in [-0.25, -0.2) is 4.98 Å². The van der Waals surface area contributed by atoms with Crippen LogP contribution in [0.3, 0.4) is 0 Å². The lowest BCUT2D eigenvalue weighted by molar-refractivity contribution is -0.138. The van der Waals surface area contributed by atoms with Crippen molar-refractivity contribution in [2.75, 3.05) is 11.9 Å². The number of thiocarbonyl (C=S) groups is 1. The van der Waals surface area contributed by atoms with Gasteiger partial charge in [0.05, 0.1) is 5.69 Å². The maximum absolute atomic E-state index is 13.9. The smallest absolute Gasteiger partial charge is 0.250 e. The quantitative estimate of drug-likeness (QED) is 0.375. The van der Waals surface area contributed by atoms with Crippen LogP contribution in [0, 0.1) is 0 Å². The summed E-state index contributed by atoms with van der Waals surface area (Å²) in [4.78, 5) is 33.4. The van der Waals surface area contributed by atoms with E-state index in [0.717, 1.165) is 36.1 Å². The van der Waals surface area contributed by atoms with E-state index in [9.17, 15) is 9.59 Å². The predicted octanol–water partition coefficient (Wildman–Crippen LogP) is 4.89.